The van der Waals surface area contributed by atoms with Crippen molar-refractivity contribution in [1.82, 2.24) is 14.3 Å². The number of hydrogen-bond donors (Lipinski definition) is 0. The molecule has 0 aliphatic carbocycles. The number of carbonyl (C=O) groups is 1. The third-order valence-electron chi connectivity index (χ3n) is 5.15. The number of fused-ring (bicyclic) bond motifs is 2. The minimum Gasteiger partial charge on any atom is -0.337 e. The number of pyridine rings is 1. The van der Waals surface area contributed by atoms with E-state index in [1.807, 2.05) is 37.3 Å². The van der Waals surface area contributed by atoms with E-state index in [-0.39, 0.29) is 17.4 Å². The van der Waals surface area contributed by atoms with Crippen molar-refractivity contribution < 1.29 is 4.79 Å². The molecule has 3 aromatic rings. The van der Waals surface area contributed by atoms with Crippen molar-refractivity contribution in [3.63, 3.8) is 0 Å². The first kappa shape index (κ1) is 17.7. The Balaban J connectivity index is 1.68. The second-order valence-electron chi connectivity index (χ2n) is 6.80. The Bertz CT molecular complexity index is 1060. The maximum atomic E-state index is 13.1. The zero-order chi connectivity index (χ0) is 19.0. The van der Waals surface area contributed by atoms with Gasteiger partial charge in [0.2, 0.25) is 5.91 Å². The van der Waals surface area contributed by atoms with Crippen LogP contribution in [0.5, 0.6) is 0 Å². The highest BCUT2D eigenvalue weighted by Gasteiger charge is 2.29. The zero-order valence-corrected chi connectivity index (χ0v) is 15.8. The number of halogens is 1. The number of amides is 1. The van der Waals surface area contributed by atoms with E-state index in [1.54, 1.807) is 23.2 Å². The largest absolute Gasteiger partial charge is 0.337 e. The fraction of sp³-hybridized carbons (Fsp3) is 0.286. The molecule has 0 fully saturated rings. The summed E-state index contributed by atoms with van der Waals surface area (Å²) in [6.45, 7) is 2.88. The minimum atomic E-state index is -0.196. The highest BCUT2D eigenvalue weighted by molar-refractivity contribution is 6.30. The van der Waals surface area contributed by atoms with Crippen molar-refractivity contribution in [2.45, 2.75) is 32.2 Å². The summed E-state index contributed by atoms with van der Waals surface area (Å²) in [4.78, 5) is 32.5. The van der Waals surface area contributed by atoms with Crippen LogP contribution in [0.15, 0.2) is 53.5 Å². The second-order valence-corrected chi connectivity index (χ2v) is 7.24. The topological polar surface area (TPSA) is 54.7 Å². The van der Waals surface area contributed by atoms with Gasteiger partial charge in [0.05, 0.1) is 28.7 Å². The summed E-state index contributed by atoms with van der Waals surface area (Å²) in [5.41, 5.74) is 2.80. The molecule has 0 saturated heterocycles. The Morgan fingerprint density at radius 2 is 2.00 bits per heavy atom. The van der Waals surface area contributed by atoms with E-state index < -0.39 is 0 Å². The minimum absolute atomic E-state index is 0.0601. The smallest absolute Gasteiger partial charge is 0.263 e. The first-order valence-electron chi connectivity index (χ1n) is 9.12. The Kier molecular flexibility index (Phi) is 4.70. The van der Waals surface area contributed by atoms with Gasteiger partial charge in [-0.3, -0.25) is 14.0 Å². The number of aromatic nitrogens is 2. The summed E-state index contributed by atoms with van der Waals surface area (Å²) in [6, 6.07) is 13.3. The number of nitrogens with zero attached hydrogens (tertiary/aromatic N) is 3. The van der Waals surface area contributed by atoms with Crippen LogP contribution in [0.3, 0.4) is 0 Å². The van der Waals surface area contributed by atoms with Crippen molar-refractivity contribution >= 4 is 23.2 Å². The van der Waals surface area contributed by atoms with Gasteiger partial charge in [0.15, 0.2) is 0 Å². The highest BCUT2D eigenvalue weighted by atomic mass is 35.5. The normalized spacial score (nSPS) is 14.8. The Morgan fingerprint density at radius 3 is 2.74 bits per heavy atom. The molecule has 0 spiro atoms. The third-order valence-corrected chi connectivity index (χ3v) is 5.38. The molecule has 0 saturated carbocycles. The van der Waals surface area contributed by atoms with Crippen LogP contribution in [-0.4, -0.2) is 26.7 Å². The van der Waals surface area contributed by atoms with Gasteiger partial charge in [0.1, 0.15) is 5.65 Å². The molecule has 5 nitrogen and oxygen atoms in total. The van der Waals surface area contributed by atoms with Gasteiger partial charge in [0, 0.05) is 19.2 Å². The third kappa shape index (κ3) is 3.23. The van der Waals surface area contributed by atoms with Crippen LogP contribution in [0.2, 0.25) is 5.02 Å². The van der Waals surface area contributed by atoms with E-state index in [0.717, 1.165) is 17.7 Å². The van der Waals surface area contributed by atoms with E-state index in [0.29, 0.717) is 35.7 Å². The lowest BCUT2D eigenvalue weighted by molar-refractivity contribution is -0.133. The molecule has 1 amide bonds. The van der Waals surface area contributed by atoms with Gasteiger partial charge in [-0.2, -0.15) is 0 Å². The lowest BCUT2D eigenvalue weighted by Crippen LogP contribution is -2.42. The summed E-state index contributed by atoms with van der Waals surface area (Å²) < 4.78 is 1.46. The molecule has 3 heterocycles. The van der Waals surface area contributed by atoms with E-state index in [2.05, 4.69) is 4.98 Å². The second kappa shape index (κ2) is 7.16. The highest BCUT2D eigenvalue weighted by Crippen LogP contribution is 2.25. The van der Waals surface area contributed by atoms with E-state index in [9.17, 15) is 9.59 Å². The molecule has 1 aromatic carbocycles. The van der Waals surface area contributed by atoms with E-state index in [1.165, 1.54) is 4.40 Å². The molecule has 1 aliphatic heterocycles. The van der Waals surface area contributed by atoms with E-state index in [4.69, 9.17) is 11.6 Å². The van der Waals surface area contributed by atoms with Crippen molar-refractivity contribution in [2.24, 2.45) is 0 Å². The summed E-state index contributed by atoms with van der Waals surface area (Å²) in [5.74, 6) is -0.136. The van der Waals surface area contributed by atoms with Crippen molar-refractivity contribution in [3.05, 3.63) is 80.9 Å². The maximum Gasteiger partial charge on any atom is 0.263 e. The molecule has 6 heteroatoms. The molecule has 4 rings (SSSR count). The SMILES string of the molecule is CC[C@H](C(=O)N1CCc2nc3ccc(Cl)cn3c(=O)c2C1)c1ccccc1. The van der Waals surface area contributed by atoms with Crippen LogP contribution < -0.4 is 5.56 Å². The van der Waals surface area contributed by atoms with Crippen LogP contribution in [0.4, 0.5) is 0 Å². The van der Waals surface area contributed by atoms with Crippen LogP contribution in [0.1, 0.15) is 36.1 Å². The van der Waals surface area contributed by atoms with Gasteiger partial charge >= 0.3 is 0 Å². The molecule has 0 unspecified atom stereocenters. The van der Waals surface area contributed by atoms with Gasteiger partial charge < -0.3 is 4.90 Å². The molecule has 2 aromatic heterocycles. The number of rotatable bonds is 3. The molecule has 27 heavy (non-hydrogen) atoms. The number of carbonyl (C=O) groups excluding carboxylic acids is 1. The summed E-state index contributed by atoms with van der Waals surface area (Å²) in [6.07, 6.45) is 2.88. The first-order valence-corrected chi connectivity index (χ1v) is 9.49. The average molecular weight is 382 g/mol. The molecule has 0 N–H and O–H groups in total. The van der Waals surface area contributed by atoms with Crippen LogP contribution in [0, 0.1) is 0 Å². The average Bonchev–Trinajstić information content (AvgIpc) is 2.70. The Hall–Kier alpha value is -2.66. The van der Waals surface area contributed by atoms with Crippen LogP contribution >= 0.6 is 11.6 Å². The Morgan fingerprint density at radius 1 is 1.22 bits per heavy atom. The van der Waals surface area contributed by atoms with Crippen molar-refractivity contribution in [3.8, 4) is 0 Å². The fourth-order valence-corrected chi connectivity index (χ4v) is 3.88. The van der Waals surface area contributed by atoms with Gasteiger partial charge in [-0.15, -0.1) is 0 Å². The summed E-state index contributed by atoms with van der Waals surface area (Å²) in [7, 11) is 0. The Labute approximate surface area is 162 Å². The van der Waals surface area contributed by atoms with Crippen molar-refractivity contribution in [1.29, 1.82) is 0 Å². The molecule has 0 radical (unpaired) electrons. The fourth-order valence-electron chi connectivity index (χ4n) is 3.72. The molecule has 138 valence electrons. The molecule has 0 bridgehead atoms. The summed E-state index contributed by atoms with van der Waals surface area (Å²) in [5, 5.41) is 0.477. The predicted octanol–water partition coefficient (Wildman–Crippen LogP) is 3.43. The van der Waals surface area contributed by atoms with Gasteiger partial charge in [-0.05, 0) is 24.1 Å². The lowest BCUT2D eigenvalue weighted by atomic mass is 9.94. The zero-order valence-electron chi connectivity index (χ0n) is 15.1. The lowest BCUT2D eigenvalue weighted by Gasteiger charge is -2.31. The molecule has 1 atom stereocenters. The van der Waals surface area contributed by atoms with E-state index >= 15 is 0 Å². The number of hydrogen-bond acceptors (Lipinski definition) is 3. The predicted molar refractivity (Wildman–Crippen MR) is 105 cm³/mol. The molecule has 1 aliphatic rings. The monoisotopic (exact) mass is 381 g/mol. The molecular formula is C21H20ClN3O2. The summed E-state index contributed by atoms with van der Waals surface area (Å²) >= 11 is 6.03. The number of benzene rings is 1. The van der Waals surface area contributed by atoms with Gasteiger partial charge in [-0.1, -0.05) is 48.9 Å². The first-order chi connectivity index (χ1) is 13.1. The van der Waals surface area contributed by atoms with Gasteiger partial charge in [0.25, 0.3) is 5.56 Å². The van der Waals surface area contributed by atoms with Crippen LogP contribution in [-0.2, 0) is 17.8 Å². The van der Waals surface area contributed by atoms with Crippen molar-refractivity contribution in [2.75, 3.05) is 6.54 Å². The molecular weight excluding hydrogens is 362 g/mol. The quantitative estimate of drug-likeness (QED) is 0.698. The van der Waals surface area contributed by atoms with Crippen LogP contribution in [0.25, 0.3) is 5.65 Å². The van der Waals surface area contributed by atoms with Gasteiger partial charge in [-0.25, -0.2) is 4.98 Å². The maximum absolute atomic E-state index is 13.1. The standard InChI is InChI=1S/C21H20ClN3O2/c1-2-16(14-6-4-3-5-7-14)20(26)24-11-10-18-17(13-24)21(27)25-12-15(22)8-9-19(25)23-18/h3-9,12,16H,2,10-11,13H2,1H3/t16-/m0/s1.